The van der Waals surface area contributed by atoms with E-state index in [9.17, 15) is 4.79 Å². The summed E-state index contributed by atoms with van der Waals surface area (Å²) in [5, 5.41) is 10.3. The minimum atomic E-state index is -0.805. The minimum Gasteiger partial charge on any atom is -0.351 e. The van der Waals surface area contributed by atoms with Crippen LogP contribution in [0.25, 0.3) is 0 Å². The molecule has 0 saturated heterocycles. The molecule has 114 valence electrons. The molecule has 5 nitrogen and oxygen atoms in total. The van der Waals surface area contributed by atoms with Gasteiger partial charge in [0.2, 0.25) is 5.91 Å². The van der Waals surface area contributed by atoms with Gasteiger partial charge in [-0.3, -0.25) is 9.89 Å². The average molecular weight is 296 g/mol. The highest BCUT2D eigenvalue weighted by molar-refractivity contribution is 5.88. The van der Waals surface area contributed by atoms with E-state index in [1.54, 1.807) is 0 Å². The lowest BCUT2D eigenvalue weighted by Gasteiger charge is -2.28. The second kappa shape index (κ2) is 4.95. The van der Waals surface area contributed by atoms with E-state index in [0.29, 0.717) is 12.8 Å². The Bertz CT molecular complexity index is 696. The number of carbonyl (C=O) groups is 1. The lowest BCUT2D eigenvalue weighted by molar-refractivity contribution is -0.126. The van der Waals surface area contributed by atoms with Gasteiger partial charge < -0.3 is 11.1 Å². The van der Waals surface area contributed by atoms with E-state index in [1.165, 1.54) is 22.4 Å². The molecule has 1 aromatic carbocycles. The van der Waals surface area contributed by atoms with Crippen LogP contribution < -0.4 is 11.1 Å². The highest BCUT2D eigenvalue weighted by atomic mass is 16.2. The number of amides is 1. The number of aromatic nitrogens is 2. The van der Waals surface area contributed by atoms with Crippen LogP contribution in [0.5, 0.6) is 0 Å². The Morgan fingerprint density at radius 2 is 2.00 bits per heavy atom. The highest BCUT2D eigenvalue weighted by Gasteiger charge is 2.41. The molecule has 0 unspecified atom stereocenters. The SMILES string of the molecule is NC1(C(=O)N[C@@H]2CCc3[nH]ncc3C2)Cc2ccccc2C1. The Labute approximate surface area is 129 Å². The summed E-state index contributed by atoms with van der Waals surface area (Å²) in [5.41, 5.74) is 10.4. The maximum absolute atomic E-state index is 12.7. The van der Waals surface area contributed by atoms with Gasteiger partial charge in [0.15, 0.2) is 0 Å². The maximum atomic E-state index is 12.7. The number of benzene rings is 1. The average Bonchev–Trinajstić information content (AvgIpc) is 3.10. The molecular formula is C17H20N4O. The van der Waals surface area contributed by atoms with Crippen LogP contribution in [0.4, 0.5) is 0 Å². The standard InChI is InChI=1S/C17H20N4O/c18-17(8-11-3-1-2-4-12(11)9-17)16(22)20-14-5-6-15-13(7-14)10-19-21-15/h1-4,10,14H,5-9,18H2,(H,19,21)(H,20,22)/t14-/m1/s1. The number of nitrogens with zero attached hydrogens (tertiary/aromatic N) is 1. The van der Waals surface area contributed by atoms with Crippen molar-refractivity contribution in [2.45, 2.75) is 43.7 Å². The fourth-order valence-electron chi connectivity index (χ4n) is 3.67. The molecule has 0 aliphatic heterocycles. The van der Waals surface area contributed by atoms with Gasteiger partial charge in [0.25, 0.3) is 0 Å². The molecule has 0 fully saturated rings. The van der Waals surface area contributed by atoms with Gasteiger partial charge in [-0.15, -0.1) is 0 Å². The van der Waals surface area contributed by atoms with Crippen molar-refractivity contribution in [3.8, 4) is 0 Å². The van der Waals surface area contributed by atoms with Gasteiger partial charge >= 0.3 is 0 Å². The van der Waals surface area contributed by atoms with E-state index in [-0.39, 0.29) is 11.9 Å². The molecule has 0 spiro atoms. The van der Waals surface area contributed by atoms with Crippen LogP contribution in [-0.4, -0.2) is 27.7 Å². The summed E-state index contributed by atoms with van der Waals surface area (Å²) in [4.78, 5) is 12.7. The topological polar surface area (TPSA) is 83.8 Å². The van der Waals surface area contributed by atoms with Crippen molar-refractivity contribution in [1.82, 2.24) is 15.5 Å². The largest absolute Gasteiger partial charge is 0.351 e. The zero-order valence-electron chi connectivity index (χ0n) is 12.4. The van der Waals surface area contributed by atoms with Gasteiger partial charge in [0.05, 0.1) is 6.20 Å². The van der Waals surface area contributed by atoms with Crippen LogP contribution in [0.2, 0.25) is 0 Å². The number of fused-ring (bicyclic) bond motifs is 2. The monoisotopic (exact) mass is 296 g/mol. The molecule has 0 bridgehead atoms. The van der Waals surface area contributed by atoms with E-state index in [0.717, 1.165) is 19.3 Å². The Morgan fingerprint density at radius 1 is 1.27 bits per heavy atom. The van der Waals surface area contributed by atoms with Crippen LogP contribution in [0.1, 0.15) is 28.8 Å². The fourth-order valence-corrected chi connectivity index (χ4v) is 3.67. The maximum Gasteiger partial charge on any atom is 0.241 e. The van der Waals surface area contributed by atoms with Crippen LogP contribution in [0, 0.1) is 0 Å². The number of aryl methyl sites for hydroxylation is 1. The molecule has 1 amide bonds. The number of hydrogen-bond donors (Lipinski definition) is 3. The first-order valence-corrected chi connectivity index (χ1v) is 7.82. The van der Waals surface area contributed by atoms with Gasteiger partial charge in [-0.2, -0.15) is 5.10 Å². The zero-order chi connectivity index (χ0) is 15.2. The summed E-state index contributed by atoms with van der Waals surface area (Å²) in [5.74, 6) is -0.0272. The van der Waals surface area contributed by atoms with E-state index >= 15 is 0 Å². The smallest absolute Gasteiger partial charge is 0.241 e. The molecule has 4 N–H and O–H groups in total. The predicted molar refractivity (Wildman–Crippen MR) is 83.3 cm³/mol. The van der Waals surface area contributed by atoms with Crippen molar-refractivity contribution >= 4 is 5.91 Å². The second-order valence-corrected chi connectivity index (χ2v) is 6.57. The number of rotatable bonds is 2. The second-order valence-electron chi connectivity index (χ2n) is 6.57. The summed E-state index contributed by atoms with van der Waals surface area (Å²) in [6.07, 6.45) is 5.80. The molecule has 1 atom stereocenters. The summed E-state index contributed by atoms with van der Waals surface area (Å²) in [6.45, 7) is 0. The Morgan fingerprint density at radius 3 is 2.73 bits per heavy atom. The number of aromatic amines is 1. The molecule has 4 rings (SSSR count). The fraction of sp³-hybridized carbons (Fsp3) is 0.412. The van der Waals surface area contributed by atoms with Crippen molar-refractivity contribution in [1.29, 1.82) is 0 Å². The molecule has 0 radical (unpaired) electrons. The van der Waals surface area contributed by atoms with Crippen molar-refractivity contribution in [2.75, 3.05) is 0 Å². The molecule has 0 saturated carbocycles. The Balaban J connectivity index is 1.45. The summed E-state index contributed by atoms with van der Waals surface area (Å²) < 4.78 is 0. The van der Waals surface area contributed by atoms with E-state index in [4.69, 9.17) is 5.73 Å². The van der Waals surface area contributed by atoms with Crippen LogP contribution >= 0.6 is 0 Å². The van der Waals surface area contributed by atoms with Gasteiger partial charge in [0, 0.05) is 11.7 Å². The third-order valence-corrected chi connectivity index (χ3v) is 4.93. The molecule has 2 aliphatic carbocycles. The van der Waals surface area contributed by atoms with Gasteiger partial charge in [0.1, 0.15) is 5.54 Å². The lowest BCUT2D eigenvalue weighted by Crippen LogP contribution is -2.57. The third kappa shape index (κ3) is 2.22. The normalized spacial score (nSPS) is 22.0. The summed E-state index contributed by atoms with van der Waals surface area (Å²) in [7, 11) is 0. The molecule has 2 aliphatic rings. The molecular weight excluding hydrogens is 276 g/mol. The number of hydrogen-bond acceptors (Lipinski definition) is 3. The predicted octanol–water partition coefficient (Wildman–Crippen LogP) is 0.880. The molecule has 2 aromatic rings. The zero-order valence-corrected chi connectivity index (χ0v) is 12.4. The highest BCUT2D eigenvalue weighted by Crippen LogP contribution is 2.29. The van der Waals surface area contributed by atoms with Crippen molar-refractivity contribution < 1.29 is 4.79 Å². The number of carbonyl (C=O) groups excluding carboxylic acids is 1. The number of nitrogens with one attached hydrogen (secondary N) is 2. The molecule has 1 heterocycles. The Kier molecular flexibility index (Phi) is 3.04. The summed E-state index contributed by atoms with van der Waals surface area (Å²) >= 11 is 0. The van der Waals surface area contributed by atoms with Crippen molar-refractivity contribution in [2.24, 2.45) is 5.73 Å². The van der Waals surface area contributed by atoms with Gasteiger partial charge in [-0.1, -0.05) is 24.3 Å². The minimum absolute atomic E-state index is 0.0272. The van der Waals surface area contributed by atoms with Gasteiger partial charge in [-0.25, -0.2) is 0 Å². The third-order valence-electron chi connectivity index (χ3n) is 4.93. The lowest BCUT2D eigenvalue weighted by atomic mass is 9.91. The molecule has 1 aromatic heterocycles. The van der Waals surface area contributed by atoms with Crippen LogP contribution in [0.15, 0.2) is 30.5 Å². The summed E-state index contributed by atoms with van der Waals surface area (Å²) in [6, 6.07) is 8.29. The van der Waals surface area contributed by atoms with E-state index < -0.39 is 5.54 Å². The first-order valence-electron chi connectivity index (χ1n) is 7.82. The van der Waals surface area contributed by atoms with Crippen LogP contribution in [-0.2, 0) is 30.5 Å². The number of nitrogens with two attached hydrogens (primary N) is 1. The van der Waals surface area contributed by atoms with Crippen LogP contribution in [0.3, 0.4) is 0 Å². The first kappa shape index (κ1) is 13.5. The van der Waals surface area contributed by atoms with Crippen molar-refractivity contribution in [3.05, 3.63) is 52.8 Å². The quantitative estimate of drug-likeness (QED) is 0.769. The van der Waals surface area contributed by atoms with Gasteiger partial charge in [-0.05, 0) is 48.8 Å². The number of H-pyrrole nitrogens is 1. The Hall–Kier alpha value is -2.14. The van der Waals surface area contributed by atoms with E-state index in [2.05, 4.69) is 27.6 Å². The van der Waals surface area contributed by atoms with E-state index in [1.807, 2.05) is 18.3 Å². The molecule has 5 heteroatoms. The molecule has 22 heavy (non-hydrogen) atoms. The van der Waals surface area contributed by atoms with Crippen molar-refractivity contribution in [3.63, 3.8) is 0 Å². The first-order chi connectivity index (χ1) is 10.6.